The van der Waals surface area contributed by atoms with Crippen LogP contribution in [0.25, 0.3) is 0 Å². The van der Waals surface area contributed by atoms with Crippen LogP contribution in [-0.4, -0.2) is 47.2 Å². The minimum Gasteiger partial charge on any atom is -0.482 e. The molecule has 1 fully saturated rings. The number of hydrogen-bond acceptors (Lipinski definition) is 4. The average Bonchev–Trinajstić information content (AvgIpc) is 2.53. The molecule has 3 rings (SSSR count). The van der Waals surface area contributed by atoms with Crippen molar-refractivity contribution in [1.82, 2.24) is 4.90 Å². The molecule has 6 heteroatoms. The summed E-state index contributed by atoms with van der Waals surface area (Å²) in [6.07, 6.45) is -0.0879. The molecule has 0 radical (unpaired) electrons. The van der Waals surface area contributed by atoms with E-state index in [0.717, 1.165) is 0 Å². The van der Waals surface area contributed by atoms with Crippen LogP contribution in [0.5, 0.6) is 11.5 Å². The molecular weight excluding hydrogens is 286 g/mol. The quantitative estimate of drug-likeness (QED) is 0.897. The summed E-state index contributed by atoms with van der Waals surface area (Å²) < 4.78 is 11.6. The van der Waals surface area contributed by atoms with Gasteiger partial charge in [0, 0.05) is 13.1 Å². The summed E-state index contributed by atoms with van der Waals surface area (Å²) >= 11 is 0. The summed E-state index contributed by atoms with van der Waals surface area (Å²) in [5.41, 5.74) is 0. The lowest BCUT2D eigenvalue weighted by Crippen LogP contribution is -2.52. The second kappa shape index (κ2) is 5.87. The fourth-order valence-electron chi connectivity index (χ4n) is 2.92. The first-order valence-electron chi connectivity index (χ1n) is 7.50. The number of para-hydroxylation sites is 2. The van der Waals surface area contributed by atoms with Crippen molar-refractivity contribution in [2.45, 2.75) is 32.0 Å². The lowest BCUT2D eigenvalue weighted by Gasteiger charge is -2.36. The average molecular weight is 305 g/mol. The summed E-state index contributed by atoms with van der Waals surface area (Å²) in [6.45, 7) is 2.70. The maximum atomic E-state index is 12.6. The second-order valence-electron chi connectivity index (χ2n) is 5.75. The number of amides is 1. The van der Waals surface area contributed by atoms with Crippen molar-refractivity contribution in [3.63, 3.8) is 0 Å². The van der Waals surface area contributed by atoms with Gasteiger partial charge in [-0.15, -0.1) is 0 Å². The lowest BCUT2D eigenvalue weighted by atomic mass is 9.96. The van der Waals surface area contributed by atoms with Crippen LogP contribution in [0.4, 0.5) is 0 Å². The van der Waals surface area contributed by atoms with E-state index in [9.17, 15) is 9.59 Å². The summed E-state index contributed by atoms with van der Waals surface area (Å²) in [6, 6.07) is 7.27. The highest BCUT2D eigenvalue weighted by Crippen LogP contribution is 2.34. The molecule has 0 aromatic heterocycles. The van der Waals surface area contributed by atoms with Crippen LogP contribution >= 0.6 is 0 Å². The van der Waals surface area contributed by atoms with E-state index in [1.807, 2.05) is 25.1 Å². The minimum atomic E-state index is -0.786. The number of carbonyl (C=O) groups is 2. The maximum absolute atomic E-state index is 12.6. The SMILES string of the molecule is CC1Oc2ccccc2OC1C(=O)N1CCC(C(=O)O)CC1. The molecule has 2 atom stereocenters. The number of piperidine rings is 1. The number of nitrogens with zero attached hydrogens (tertiary/aromatic N) is 1. The number of carboxylic acids is 1. The molecule has 1 aromatic rings. The topological polar surface area (TPSA) is 76.1 Å². The van der Waals surface area contributed by atoms with E-state index >= 15 is 0 Å². The minimum absolute atomic E-state index is 0.133. The standard InChI is InChI=1S/C16H19NO5/c1-10-14(22-13-5-3-2-4-12(13)21-10)15(18)17-8-6-11(7-9-17)16(19)20/h2-5,10-11,14H,6-9H2,1H3,(H,19,20). The Hall–Kier alpha value is -2.24. The van der Waals surface area contributed by atoms with Crippen LogP contribution in [0.3, 0.4) is 0 Å². The maximum Gasteiger partial charge on any atom is 0.306 e. The van der Waals surface area contributed by atoms with Gasteiger partial charge in [0.15, 0.2) is 11.5 Å². The Morgan fingerprint density at radius 2 is 1.73 bits per heavy atom. The number of ether oxygens (including phenoxy) is 2. The summed E-state index contributed by atoms with van der Waals surface area (Å²) in [5, 5.41) is 9.01. The predicted molar refractivity (Wildman–Crippen MR) is 77.9 cm³/mol. The molecule has 0 aliphatic carbocycles. The van der Waals surface area contributed by atoms with Gasteiger partial charge < -0.3 is 19.5 Å². The monoisotopic (exact) mass is 305 g/mol. The van der Waals surface area contributed by atoms with Gasteiger partial charge in [-0.3, -0.25) is 9.59 Å². The molecule has 2 aliphatic rings. The van der Waals surface area contributed by atoms with E-state index in [0.29, 0.717) is 37.4 Å². The molecule has 0 bridgehead atoms. The van der Waals surface area contributed by atoms with Crippen molar-refractivity contribution in [1.29, 1.82) is 0 Å². The van der Waals surface area contributed by atoms with Gasteiger partial charge in [-0.2, -0.15) is 0 Å². The van der Waals surface area contributed by atoms with E-state index in [1.165, 1.54) is 0 Å². The zero-order valence-corrected chi connectivity index (χ0v) is 12.4. The number of likely N-dealkylation sites (tertiary alicyclic amines) is 1. The third-order valence-corrected chi connectivity index (χ3v) is 4.24. The summed E-state index contributed by atoms with van der Waals surface area (Å²) in [7, 11) is 0. The summed E-state index contributed by atoms with van der Waals surface area (Å²) in [4.78, 5) is 25.3. The van der Waals surface area contributed by atoms with Gasteiger partial charge >= 0.3 is 5.97 Å². The van der Waals surface area contributed by atoms with Crippen LogP contribution in [0.2, 0.25) is 0 Å². The highest BCUT2D eigenvalue weighted by molar-refractivity contribution is 5.83. The van der Waals surface area contributed by atoms with Crippen LogP contribution in [0.15, 0.2) is 24.3 Å². The highest BCUT2D eigenvalue weighted by Gasteiger charge is 2.38. The number of fused-ring (bicyclic) bond motifs is 1. The van der Waals surface area contributed by atoms with E-state index in [1.54, 1.807) is 11.0 Å². The molecule has 1 aromatic carbocycles. The van der Waals surface area contributed by atoms with Gasteiger partial charge in [0.05, 0.1) is 5.92 Å². The number of aliphatic carboxylic acids is 1. The Balaban J connectivity index is 1.67. The van der Waals surface area contributed by atoms with Gasteiger partial charge in [-0.25, -0.2) is 0 Å². The molecule has 2 aliphatic heterocycles. The van der Waals surface area contributed by atoms with Crippen LogP contribution in [-0.2, 0) is 9.59 Å². The van der Waals surface area contributed by atoms with Crippen molar-refractivity contribution >= 4 is 11.9 Å². The number of rotatable bonds is 2. The third kappa shape index (κ3) is 2.73. The van der Waals surface area contributed by atoms with Gasteiger partial charge in [0.2, 0.25) is 6.10 Å². The van der Waals surface area contributed by atoms with Gasteiger partial charge in [-0.1, -0.05) is 12.1 Å². The van der Waals surface area contributed by atoms with Gasteiger partial charge in [0.25, 0.3) is 5.91 Å². The van der Waals surface area contributed by atoms with Crippen molar-refractivity contribution in [2.75, 3.05) is 13.1 Å². The first-order chi connectivity index (χ1) is 10.6. The van der Waals surface area contributed by atoms with Crippen molar-refractivity contribution in [3.05, 3.63) is 24.3 Å². The first kappa shape index (κ1) is 14.7. The zero-order valence-electron chi connectivity index (χ0n) is 12.4. The van der Waals surface area contributed by atoms with Gasteiger partial charge in [-0.05, 0) is 31.9 Å². The van der Waals surface area contributed by atoms with Crippen molar-refractivity contribution in [2.24, 2.45) is 5.92 Å². The second-order valence-corrected chi connectivity index (χ2v) is 5.75. The molecule has 1 N–H and O–H groups in total. The fraction of sp³-hybridized carbons (Fsp3) is 0.500. The number of carbonyl (C=O) groups excluding carboxylic acids is 1. The first-order valence-corrected chi connectivity index (χ1v) is 7.50. The van der Waals surface area contributed by atoms with E-state index in [-0.39, 0.29) is 17.9 Å². The highest BCUT2D eigenvalue weighted by atomic mass is 16.6. The molecule has 0 saturated carbocycles. The zero-order chi connectivity index (χ0) is 15.7. The molecular formula is C16H19NO5. The van der Waals surface area contributed by atoms with E-state index < -0.39 is 12.1 Å². The van der Waals surface area contributed by atoms with Crippen LogP contribution < -0.4 is 9.47 Å². The molecule has 0 spiro atoms. The Labute approximate surface area is 128 Å². The molecule has 2 heterocycles. The predicted octanol–water partition coefficient (Wildman–Crippen LogP) is 1.54. The Morgan fingerprint density at radius 3 is 2.32 bits per heavy atom. The third-order valence-electron chi connectivity index (χ3n) is 4.24. The summed E-state index contributed by atoms with van der Waals surface area (Å²) in [5.74, 6) is -0.0637. The largest absolute Gasteiger partial charge is 0.482 e. The van der Waals surface area contributed by atoms with Crippen LogP contribution in [0, 0.1) is 5.92 Å². The Morgan fingerprint density at radius 1 is 1.14 bits per heavy atom. The lowest BCUT2D eigenvalue weighted by molar-refractivity contribution is -0.150. The van der Waals surface area contributed by atoms with Crippen molar-refractivity contribution in [3.8, 4) is 11.5 Å². The number of carboxylic acid groups (broad SMARTS) is 1. The normalized spacial score (nSPS) is 24.9. The molecule has 6 nitrogen and oxygen atoms in total. The van der Waals surface area contributed by atoms with Crippen LogP contribution in [0.1, 0.15) is 19.8 Å². The molecule has 22 heavy (non-hydrogen) atoms. The number of benzene rings is 1. The molecule has 1 amide bonds. The number of hydrogen-bond donors (Lipinski definition) is 1. The Kier molecular flexibility index (Phi) is 3.92. The Bertz CT molecular complexity index is 580. The van der Waals surface area contributed by atoms with E-state index in [4.69, 9.17) is 14.6 Å². The smallest absolute Gasteiger partial charge is 0.306 e. The van der Waals surface area contributed by atoms with E-state index in [2.05, 4.69) is 0 Å². The molecule has 1 saturated heterocycles. The molecule has 118 valence electrons. The van der Waals surface area contributed by atoms with Crippen molar-refractivity contribution < 1.29 is 24.2 Å². The fourth-order valence-corrected chi connectivity index (χ4v) is 2.92. The van der Waals surface area contributed by atoms with Gasteiger partial charge in [0.1, 0.15) is 6.10 Å². The molecule has 2 unspecified atom stereocenters.